The molecule has 0 aliphatic carbocycles. The number of amidine groups is 1. The molecule has 1 rings (SSSR count). The summed E-state index contributed by atoms with van der Waals surface area (Å²) in [5, 5.41) is 11.3. The highest BCUT2D eigenvalue weighted by Gasteiger charge is 2.00. The van der Waals surface area contributed by atoms with Crippen molar-refractivity contribution in [3.05, 3.63) is 33.8 Å². The summed E-state index contributed by atoms with van der Waals surface area (Å²) in [4.78, 5) is 0. The van der Waals surface area contributed by atoms with Gasteiger partial charge in [0.15, 0.2) is 0 Å². The molecule has 13 heavy (non-hydrogen) atoms. The lowest BCUT2D eigenvalue weighted by atomic mass is 10.2. The van der Waals surface area contributed by atoms with E-state index in [1.54, 1.807) is 19.1 Å². The molecule has 0 bridgehead atoms. The minimum absolute atomic E-state index is 0.422. The molecule has 70 valence electrons. The highest BCUT2D eigenvalue weighted by Crippen LogP contribution is 2.20. The highest BCUT2D eigenvalue weighted by atomic mass is 35.5. The van der Waals surface area contributed by atoms with Crippen LogP contribution in [0.4, 0.5) is 0 Å². The summed E-state index contributed by atoms with van der Waals surface area (Å²) in [5.74, 6) is 0.422. The smallest absolute Gasteiger partial charge is 0.0902 e. The third-order valence-electron chi connectivity index (χ3n) is 1.56. The quantitative estimate of drug-likeness (QED) is 0.579. The van der Waals surface area contributed by atoms with Gasteiger partial charge in [-0.15, -0.1) is 0 Å². The SMILES string of the molecule is CC(=N)NCc1ccc(Cl)cc1Cl. The van der Waals surface area contributed by atoms with Gasteiger partial charge in [0.05, 0.1) is 5.84 Å². The second kappa shape index (κ2) is 4.49. The van der Waals surface area contributed by atoms with Crippen LogP contribution in [0.1, 0.15) is 12.5 Å². The zero-order chi connectivity index (χ0) is 9.84. The Balaban J connectivity index is 2.72. The second-order valence-corrected chi connectivity index (χ2v) is 3.56. The van der Waals surface area contributed by atoms with E-state index in [1.165, 1.54) is 0 Å². The molecular formula is C9H10Cl2N2. The normalized spacial score (nSPS) is 9.77. The van der Waals surface area contributed by atoms with Gasteiger partial charge in [-0.05, 0) is 24.6 Å². The Morgan fingerprint density at radius 3 is 2.69 bits per heavy atom. The van der Waals surface area contributed by atoms with Crippen molar-refractivity contribution >= 4 is 29.0 Å². The van der Waals surface area contributed by atoms with Crippen LogP contribution in [-0.2, 0) is 6.54 Å². The van der Waals surface area contributed by atoms with E-state index in [9.17, 15) is 0 Å². The van der Waals surface area contributed by atoms with Crippen LogP contribution in [0.15, 0.2) is 18.2 Å². The van der Waals surface area contributed by atoms with Crippen LogP contribution in [0, 0.1) is 5.41 Å². The van der Waals surface area contributed by atoms with Crippen molar-refractivity contribution in [1.29, 1.82) is 5.41 Å². The van der Waals surface area contributed by atoms with Crippen LogP contribution in [0.25, 0.3) is 0 Å². The molecule has 2 N–H and O–H groups in total. The van der Waals surface area contributed by atoms with Gasteiger partial charge in [-0.25, -0.2) is 0 Å². The van der Waals surface area contributed by atoms with E-state index in [1.807, 2.05) is 6.07 Å². The van der Waals surface area contributed by atoms with Crippen molar-refractivity contribution in [3.8, 4) is 0 Å². The minimum Gasteiger partial charge on any atom is -0.370 e. The molecule has 0 atom stereocenters. The molecule has 0 spiro atoms. The van der Waals surface area contributed by atoms with E-state index in [0.717, 1.165) is 5.56 Å². The van der Waals surface area contributed by atoms with Gasteiger partial charge in [0.1, 0.15) is 0 Å². The van der Waals surface area contributed by atoms with Gasteiger partial charge >= 0.3 is 0 Å². The van der Waals surface area contributed by atoms with Crippen LogP contribution in [0.5, 0.6) is 0 Å². The first-order valence-electron chi connectivity index (χ1n) is 3.82. The van der Waals surface area contributed by atoms with Crippen molar-refractivity contribution in [2.45, 2.75) is 13.5 Å². The highest BCUT2D eigenvalue weighted by molar-refractivity contribution is 6.35. The Hall–Kier alpha value is -0.730. The predicted molar refractivity (Wildman–Crippen MR) is 56.7 cm³/mol. The first kappa shape index (κ1) is 10.4. The summed E-state index contributed by atoms with van der Waals surface area (Å²) in [5.41, 5.74) is 0.942. The molecule has 0 saturated carbocycles. The van der Waals surface area contributed by atoms with E-state index in [0.29, 0.717) is 22.4 Å². The summed E-state index contributed by atoms with van der Waals surface area (Å²) in [6.45, 7) is 2.25. The van der Waals surface area contributed by atoms with Crippen molar-refractivity contribution in [2.24, 2.45) is 0 Å². The Labute approximate surface area is 87.4 Å². The lowest BCUT2D eigenvalue weighted by Crippen LogP contribution is -2.18. The van der Waals surface area contributed by atoms with Crippen molar-refractivity contribution in [2.75, 3.05) is 0 Å². The number of nitrogens with one attached hydrogen (secondary N) is 2. The first-order valence-corrected chi connectivity index (χ1v) is 4.58. The number of benzene rings is 1. The Morgan fingerprint density at radius 1 is 1.46 bits per heavy atom. The van der Waals surface area contributed by atoms with Gasteiger partial charge in [-0.2, -0.15) is 0 Å². The number of hydrogen-bond acceptors (Lipinski definition) is 1. The zero-order valence-electron chi connectivity index (χ0n) is 7.20. The van der Waals surface area contributed by atoms with Gasteiger partial charge in [0, 0.05) is 16.6 Å². The van der Waals surface area contributed by atoms with Crippen molar-refractivity contribution in [1.82, 2.24) is 5.32 Å². The van der Waals surface area contributed by atoms with Gasteiger partial charge < -0.3 is 5.32 Å². The molecule has 0 aliphatic heterocycles. The van der Waals surface area contributed by atoms with E-state index in [-0.39, 0.29) is 0 Å². The number of hydrogen-bond donors (Lipinski definition) is 2. The predicted octanol–water partition coefficient (Wildman–Crippen LogP) is 3.08. The lowest BCUT2D eigenvalue weighted by molar-refractivity contribution is 0.902. The first-order chi connectivity index (χ1) is 6.09. The summed E-state index contributed by atoms with van der Waals surface area (Å²) in [6, 6.07) is 5.32. The van der Waals surface area contributed by atoms with Crippen LogP contribution in [0.2, 0.25) is 10.0 Å². The van der Waals surface area contributed by atoms with E-state index in [4.69, 9.17) is 28.6 Å². The average molecular weight is 217 g/mol. The third-order valence-corrected chi connectivity index (χ3v) is 2.15. The Bertz CT molecular complexity index is 323. The van der Waals surface area contributed by atoms with Gasteiger partial charge in [0.2, 0.25) is 0 Å². The fraction of sp³-hybridized carbons (Fsp3) is 0.222. The van der Waals surface area contributed by atoms with E-state index < -0.39 is 0 Å². The molecular weight excluding hydrogens is 207 g/mol. The summed E-state index contributed by atoms with van der Waals surface area (Å²) in [7, 11) is 0. The molecule has 0 aromatic heterocycles. The molecule has 0 heterocycles. The third kappa shape index (κ3) is 3.25. The van der Waals surface area contributed by atoms with Crippen LogP contribution in [0.3, 0.4) is 0 Å². The maximum atomic E-state index is 7.18. The molecule has 0 unspecified atom stereocenters. The van der Waals surface area contributed by atoms with Crippen LogP contribution in [-0.4, -0.2) is 5.84 Å². The van der Waals surface area contributed by atoms with Crippen molar-refractivity contribution < 1.29 is 0 Å². The minimum atomic E-state index is 0.422. The lowest BCUT2D eigenvalue weighted by Gasteiger charge is -2.06. The van der Waals surface area contributed by atoms with Crippen LogP contribution < -0.4 is 5.32 Å². The van der Waals surface area contributed by atoms with Crippen LogP contribution >= 0.6 is 23.2 Å². The molecule has 4 heteroatoms. The monoisotopic (exact) mass is 216 g/mol. The van der Waals surface area contributed by atoms with Gasteiger partial charge in [-0.1, -0.05) is 29.3 Å². The Kier molecular flexibility index (Phi) is 3.58. The maximum Gasteiger partial charge on any atom is 0.0902 e. The molecule has 0 radical (unpaired) electrons. The largest absolute Gasteiger partial charge is 0.370 e. The molecule has 0 fully saturated rings. The second-order valence-electron chi connectivity index (χ2n) is 2.71. The summed E-state index contributed by atoms with van der Waals surface area (Å²) >= 11 is 11.7. The van der Waals surface area contributed by atoms with E-state index >= 15 is 0 Å². The van der Waals surface area contributed by atoms with E-state index in [2.05, 4.69) is 5.32 Å². The van der Waals surface area contributed by atoms with Crippen molar-refractivity contribution in [3.63, 3.8) is 0 Å². The number of halogens is 2. The molecule has 2 nitrogen and oxygen atoms in total. The van der Waals surface area contributed by atoms with Gasteiger partial charge in [-0.3, -0.25) is 5.41 Å². The zero-order valence-corrected chi connectivity index (χ0v) is 8.71. The fourth-order valence-corrected chi connectivity index (χ4v) is 1.37. The molecule has 0 aliphatic rings. The standard InChI is InChI=1S/C9H10Cl2N2/c1-6(12)13-5-7-2-3-8(10)4-9(7)11/h2-4H,5H2,1H3,(H2,12,13). The molecule has 0 saturated heterocycles. The van der Waals surface area contributed by atoms with Gasteiger partial charge in [0.25, 0.3) is 0 Å². The molecule has 0 amide bonds. The Morgan fingerprint density at radius 2 is 2.15 bits per heavy atom. The maximum absolute atomic E-state index is 7.18. The molecule has 1 aromatic rings. The summed E-state index contributed by atoms with van der Waals surface area (Å²) < 4.78 is 0. The molecule has 1 aromatic carbocycles. The fourth-order valence-electron chi connectivity index (χ4n) is 0.893. The topological polar surface area (TPSA) is 35.9 Å². The average Bonchev–Trinajstić information content (AvgIpc) is 2.02. The number of rotatable bonds is 2. The summed E-state index contributed by atoms with van der Waals surface area (Å²) in [6.07, 6.45) is 0.